The molecule has 1 aromatic heterocycles. The zero-order chi connectivity index (χ0) is 25.1. The van der Waals surface area contributed by atoms with Crippen LogP contribution in [0.2, 0.25) is 0 Å². The fourth-order valence-corrected chi connectivity index (χ4v) is 5.26. The third-order valence-corrected chi connectivity index (χ3v) is 7.04. The fraction of sp³-hybridized carbons (Fsp3) is 0.226. The zero-order valence-electron chi connectivity index (χ0n) is 20.8. The van der Waals surface area contributed by atoms with Gasteiger partial charge in [0.2, 0.25) is 5.75 Å². The maximum Gasteiger partial charge on any atom is 0.203 e. The molecule has 5 heteroatoms. The van der Waals surface area contributed by atoms with Crippen LogP contribution in [0.25, 0.3) is 11.1 Å². The van der Waals surface area contributed by atoms with E-state index in [0.29, 0.717) is 36.5 Å². The van der Waals surface area contributed by atoms with Gasteiger partial charge in [-0.05, 0) is 53.3 Å². The lowest BCUT2D eigenvalue weighted by molar-refractivity contribution is -0.122. The Morgan fingerprint density at radius 3 is 1.81 bits per heavy atom. The molecule has 0 N–H and O–H groups in total. The van der Waals surface area contributed by atoms with E-state index < -0.39 is 5.41 Å². The normalized spacial score (nSPS) is 13.8. The summed E-state index contributed by atoms with van der Waals surface area (Å²) in [6, 6.07) is 26.4. The van der Waals surface area contributed by atoms with Crippen molar-refractivity contribution in [3.05, 3.63) is 107 Å². The van der Waals surface area contributed by atoms with E-state index in [-0.39, 0.29) is 5.78 Å². The van der Waals surface area contributed by atoms with Gasteiger partial charge in [0, 0.05) is 18.2 Å². The van der Waals surface area contributed by atoms with Crippen LogP contribution in [0.15, 0.2) is 85.1 Å². The van der Waals surface area contributed by atoms with Crippen LogP contribution in [0.1, 0.15) is 22.4 Å². The van der Waals surface area contributed by atoms with Gasteiger partial charge < -0.3 is 14.2 Å². The maximum absolute atomic E-state index is 13.8. The first kappa shape index (κ1) is 23.6. The number of Topliss-reactive ketones (excluding diaryl/α,β-unsaturated/α-hetero) is 1. The van der Waals surface area contributed by atoms with E-state index in [2.05, 4.69) is 30.3 Å². The Morgan fingerprint density at radius 2 is 1.31 bits per heavy atom. The number of benzene rings is 3. The van der Waals surface area contributed by atoms with Gasteiger partial charge in [0.1, 0.15) is 5.78 Å². The Bertz CT molecular complexity index is 1320. The molecule has 0 fully saturated rings. The number of fused-ring (bicyclic) bond motifs is 1. The van der Waals surface area contributed by atoms with E-state index in [0.717, 1.165) is 33.5 Å². The van der Waals surface area contributed by atoms with Crippen LogP contribution >= 0.6 is 0 Å². The second-order valence-electron chi connectivity index (χ2n) is 9.14. The number of aromatic nitrogens is 1. The van der Waals surface area contributed by atoms with Crippen molar-refractivity contribution in [3.8, 4) is 28.4 Å². The molecule has 1 heterocycles. The minimum absolute atomic E-state index is 0.208. The van der Waals surface area contributed by atoms with E-state index in [1.54, 1.807) is 21.3 Å². The van der Waals surface area contributed by atoms with Crippen molar-refractivity contribution in [2.24, 2.45) is 0 Å². The molecule has 3 aromatic carbocycles. The molecule has 5 nitrogen and oxygen atoms in total. The van der Waals surface area contributed by atoms with E-state index in [4.69, 9.17) is 19.2 Å². The number of ketones is 1. The first-order valence-electron chi connectivity index (χ1n) is 12.0. The summed E-state index contributed by atoms with van der Waals surface area (Å²) in [5, 5.41) is 0. The highest BCUT2D eigenvalue weighted by Crippen LogP contribution is 2.45. The largest absolute Gasteiger partial charge is 0.493 e. The molecule has 0 aliphatic heterocycles. The average molecular weight is 480 g/mol. The number of hydrogen-bond acceptors (Lipinski definition) is 5. The number of methoxy groups -OCH3 is 3. The number of carbonyl (C=O) groups excluding carboxylic acids is 1. The van der Waals surface area contributed by atoms with Crippen molar-refractivity contribution in [1.29, 1.82) is 0 Å². The van der Waals surface area contributed by atoms with E-state index in [9.17, 15) is 4.79 Å². The monoisotopic (exact) mass is 479 g/mol. The van der Waals surface area contributed by atoms with Gasteiger partial charge in [-0.1, -0.05) is 60.7 Å². The highest BCUT2D eigenvalue weighted by molar-refractivity contribution is 5.97. The molecule has 36 heavy (non-hydrogen) atoms. The van der Waals surface area contributed by atoms with Gasteiger partial charge in [-0.15, -0.1) is 0 Å². The molecule has 0 amide bonds. The van der Waals surface area contributed by atoms with Crippen molar-refractivity contribution in [1.82, 2.24) is 4.98 Å². The SMILES string of the molecule is COc1cc(-c2cnc3c(c2)C(Cc2ccccc2)(Cc2ccccc2)C(=O)C3)cc(OC)c1OC. The molecule has 0 radical (unpaired) electrons. The maximum atomic E-state index is 13.8. The first-order chi connectivity index (χ1) is 17.6. The van der Waals surface area contributed by atoms with Crippen LogP contribution in [0, 0.1) is 0 Å². The van der Waals surface area contributed by atoms with Gasteiger partial charge >= 0.3 is 0 Å². The van der Waals surface area contributed by atoms with E-state index >= 15 is 0 Å². The van der Waals surface area contributed by atoms with Crippen molar-refractivity contribution in [3.63, 3.8) is 0 Å². The Morgan fingerprint density at radius 1 is 0.750 bits per heavy atom. The molecule has 1 aliphatic carbocycles. The summed E-state index contributed by atoms with van der Waals surface area (Å²) in [5.41, 5.74) is 5.19. The molecule has 0 spiro atoms. The standard InChI is InChI=1S/C31H29NO4/c1-34-27-15-23(16-28(35-2)30(27)36-3)24-14-25-26(32-20-24)17-29(33)31(25,18-21-10-6-4-7-11-21)19-22-12-8-5-9-13-22/h4-16,20H,17-19H2,1-3H3. The van der Waals surface area contributed by atoms with Crippen molar-refractivity contribution < 1.29 is 19.0 Å². The summed E-state index contributed by atoms with van der Waals surface area (Å²) in [4.78, 5) is 18.6. The molecular weight excluding hydrogens is 450 g/mol. The fourth-order valence-electron chi connectivity index (χ4n) is 5.26. The van der Waals surface area contributed by atoms with Crippen molar-refractivity contribution in [2.75, 3.05) is 21.3 Å². The molecule has 0 atom stereocenters. The third-order valence-electron chi connectivity index (χ3n) is 7.04. The van der Waals surface area contributed by atoms with E-state index in [1.807, 2.05) is 54.7 Å². The summed E-state index contributed by atoms with van der Waals surface area (Å²) < 4.78 is 16.6. The number of rotatable bonds is 8. The molecule has 0 bridgehead atoms. The third kappa shape index (κ3) is 4.22. The molecule has 182 valence electrons. The molecule has 0 saturated heterocycles. The molecule has 0 saturated carbocycles. The Labute approximate surface area is 211 Å². The van der Waals surface area contributed by atoms with Crippen molar-refractivity contribution >= 4 is 5.78 Å². The number of carbonyl (C=O) groups is 1. The van der Waals surface area contributed by atoms with Gasteiger partial charge in [0.15, 0.2) is 11.5 Å². The summed E-state index contributed by atoms with van der Waals surface area (Å²) in [6.07, 6.45) is 3.41. The van der Waals surface area contributed by atoms with Gasteiger partial charge in [-0.2, -0.15) is 0 Å². The number of hydrogen-bond donors (Lipinski definition) is 0. The second kappa shape index (κ2) is 9.86. The summed E-state index contributed by atoms with van der Waals surface area (Å²) >= 11 is 0. The second-order valence-corrected chi connectivity index (χ2v) is 9.14. The Hall–Kier alpha value is -4.12. The molecular formula is C31H29NO4. The highest BCUT2D eigenvalue weighted by atomic mass is 16.5. The molecule has 5 rings (SSSR count). The molecule has 0 unspecified atom stereocenters. The summed E-state index contributed by atoms with van der Waals surface area (Å²) in [6.45, 7) is 0. The smallest absolute Gasteiger partial charge is 0.203 e. The van der Waals surface area contributed by atoms with Gasteiger partial charge in [0.05, 0.1) is 32.4 Å². The topological polar surface area (TPSA) is 57.7 Å². The summed E-state index contributed by atoms with van der Waals surface area (Å²) in [7, 11) is 4.79. The van der Waals surface area contributed by atoms with Crippen LogP contribution in [-0.4, -0.2) is 32.1 Å². The lowest BCUT2D eigenvalue weighted by Gasteiger charge is -2.30. The number of pyridine rings is 1. The van der Waals surface area contributed by atoms with Gasteiger partial charge in [0.25, 0.3) is 0 Å². The van der Waals surface area contributed by atoms with E-state index in [1.165, 1.54) is 0 Å². The lowest BCUT2D eigenvalue weighted by Crippen LogP contribution is -2.37. The van der Waals surface area contributed by atoms with Crippen LogP contribution in [0.3, 0.4) is 0 Å². The average Bonchev–Trinajstić information content (AvgIpc) is 3.18. The van der Waals surface area contributed by atoms with Gasteiger partial charge in [-0.25, -0.2) is 0 Å². The lowest BCUT2D eigenvalue weighted by atomic mass is 9.71. The molecule has 1 aliphatic rings. The van der Waals surface area contributed by atoms with Gasteiger partial charge in [-0.3, -0.25) is 9.78 Å². The first-order valence-corrected chi connectivity index (χ1v) is 12.0. The van der Waals surface area contributed by atoms with Crippen LogP contribution < -0.4 is 14.2 Å². The number of nitrogens with zero attached hydrogens (tertiary/aromatic N) is 1. The minimum Gasteiger partial charge on any atom is -0.493 e. The van der Waals surface area contributed by atoms with Crippen LogP contribution in [0.4, 0.5) is 0 Å². The Kier molecular flexibility index (Phi) is 6.47. The quantitative estimate of drug-likeness (QED) is 0.328. The van der Waals surface area contributed by atoms with Crippen molar-refractivity contribution in [2.45, 2.75) is 24.7 Å². The minimum atomic E-state index is -0.693. The predicted molar refractivity (Wildman–Crippen MR) is 140 cm³/mol. The summed E-state index contributed by atoms with van der Waals surface area (Å²) in [5.74, 6) is 1.89. The van der Waals surface area contributed by atoms with Crippen LogP contribution in [-0.2, 0) is 29.5 Å². The highest BCUT2D eigenvalue weighted by Gasteiger charge is 2.47. The Balaban J connectivity index is 1.66. The number of ether oxygens (including phenoxy) is 3. The van der Waals surface area contributed by atoms with Crippen LogP contribution in [0.5, 0.6) is 17.2 Å². The zero-order valence-corrected chi connectivity index (χ0v) is 20.8. The predicted octanol–water partition coefficient (Wildman–Crippen LogP) is 5.62. The molecule has 4 aromatic rings.